The summed E-state index contributed by atoms with van der Waals surface area (Å²) >= 11 is 0. The van der Waals surface area contributed by atoms with Crippen molar-refractivity contribution in [1.82, 2.24) is 14.7 Å². The Hall–Kier alpha value is -4.40. The van der Waals surface area contributed by atoms with E-state index in [4.69, 9.17) is 5.10 Å². The molecule has 4 rings (SSSR count). The Morgan fingerprint density at radius 3 is 2.25 bits per heavy atom. The Kier molecular flexibility index (Phi) is 8.42. The van der Waals surface area contributed by atoms with Gasteiger partial charge in [-0.05, 0) is 55.7 Å². The number of carbonyl (C=O) groups is 2. The molecule has 1 aromatic heterocycles. The molecule has 6 nitrogen and oxygen atoms in total. The molecule has 0 aliphatic rings. The van der Waals surface area contributed by atoms with Gasteiger partial charge in [-0.3, -0.25) is 9.59 Å². The molecule has 1 heterocycles. The van der Waals surface area contributed by atoms with E-state index in [-0.39, 0.29) is 24.6 Å². The third-order valence-electron chi connectivity index (χ3n) is 6.30. The highest BCUT2D eigenvalue weighted by Crippen LogP contribution is 2.34. The second-order valence-electron chi connectivity index (χ2n) is 10.1. The number of amides is 2. The molecule has 0 aliphatic heterocycles. The van der Waals surface area contributed by atoms with Crippen molar-refractivity contribution >= 4 is 17.6 Å². The molecule has 0 atom stereocenters. The zero-order valence-electron chi connectivity index (χ0n) is 22.8. The van der Waals surface area contributed by atoms with Crippen molar-refractivity contribution in [1.29, 1.82) is 0 Å². The first-order valence-electron chi connectivity index (χ1n) is 12.9. The van der Waals surface area contributed by atoms with Crippen LogP contribution < -0.4 is 5.32 Å². The van der Waals surface area contributed by atoms with E-state index in [9.17, 15) is 22.8 Å². The van der Waals surface area contributed by atoms with Gasteiger partial charge in [0.05, 0.1) is 16.9 Å². The van der Waals surface area contributed by atoms with Crippen LogP contribution >= 0.6 is 0 Å². The van der Waals surface area contributed by atoms with Crippen LogP contribution in [0.4, 0.5) is 19.0 Å². The van der Waals surface area contributed by atoms with Crippen LogP contribution in [0.3, 0.4) is 0 Å². The average Bonchev–Trinajstić information content (AvgIpc) is 3.23. The molecule has 0 unspecified atom stereocenters. The van der Waals surface area contributed by atoms with E-state index in [0.29, 0.717) is 11.5 Å². The normalized spacial score (nSPS) is 11.5. The molecule has 0 saturated carbocycles. The van der Waals surface area contributed by atoms with E-state index >= 15 is 0 Å². The van der Waals surface area contributed by atoms with Crippen LogP contribution in [0.5, 0.6) is 0 Å². The molecular formula is C31H31F3N4O2. The Morgan fingerprint density at radius 1 is 0.950 bits per heavy atom. The number of rotatable bonds is 8. The maximum Gasteiger partial charge on any atom is 0.416 e. The minimum absolute atomic E-state index is 0.0252. The SMILES string of the molecule is Cc1ccc(-n2nc(C)c(-c3ccccc3)c2NC(=O)CN(CC(C)C)C(=O)c2cccc(C(F)(F)F)c2)cc1. The number of hydrogen-bond acceptors (Lipinski definition) is 3. The summed E-state index contributed by atoms with van der Waals surface area (Å²) in [6.45, 7) is 7.40. The summed E-state index contributed by atoms with van der Waals surface area (Å²) in [7, 11) is 0. The van der Waals surface area contributed by atoms with Crippen molar-refractivity contribution in [2.24, 2.45) is 5.92 Å². The number of anilines is 1. The molecule has 1 N–H and O–H groups in total. The van der Waals surface area contributed by atoms with Crippen molar-refractivity contribution in [3.63, 3.8) is 0 Å². The first-order valence-corrected chi connectivity index (χ1v) is 12.9. The van der Waals surface area contributed by atoms with Crippen molar-refractivity contribution in [2.75, 3.05) is 18.4 Å². The van der Waals surface area contributed by atoms with Gasteiger partial charge in [-0.1, -0.05) is 67.9 Å². The van der Waals surface area contributed by atoms with Gasteiger partial charge in [-0.25, -0.2) is 4.68 Å². The predicted molar refractivity (Wildman–Crippen MR) is 149 cm³/mol. The zero-order valence-corrected chi connectivity index (χ0v) is 22.8. The number of hydrogen-bond donors (Lipinski definition) is 1. The maximum atomic E-state index is 13.5. The highest BCUT2D eigenvalue weighted by atomic mass is 19.4. The van der Waals surface area contributed by atoms with Crippen LogP contribution in [-0.2, 0) is 11.0 Å². The lowest BCUT2D eigenvalue weighted by Gasteiger charge is -2.25. The van der Waals surface area contributed by atoms with Crippen LogP contribution in [0.25, 0.3) is 16.8 Å². The second kappa shape index (κ2) is 11.8. The Morgan fingerprint density at radius 2 is 1.62 bits per heavy atom. The van der Waals surface area contributed by atoms with Crippen molar-refractivity contribution in [3.8, 4) is 16.8 Å². The molecule has 0 fully saturated rings. The average molecular weight is 549 g/mol. The molecule has 0 bridgehead atoms. The molecule has 0 spiro atoms. The minimum atomic E-state index is -4.59. The van der Waals surface area contributed by atoms with Crippen LogP contribution in [-0.4, -0.2) is 39.6 Å². The molecule has 2 amide bonds. The lowest BCUT2D eigenvalue weighted by molar-refractivity contribution is -0.137. The highest BCUT2D eigenvalue weighted by molar-refractivity contribution is 6.01. The largest absolute Gasteiger partial charge is 0.416 e. The van der Waals surface area contributed by atoms with Gasteiger partial charge in [0.15, 0.2) is 0 Å². The molecule has 9 heteroatoms. The lowest BCUT2D eigenvalue weighted by Crippen LogP contribution is -2.40. The Bertz CT molecular complexity index is 1490. The Labute approximate surface area is 231 Å². The van der Waals surface area contributed by atoms with Gasteiger partial charge < -0.3 is 10.2 Å². The van der Waals surface area contributed by atoms with Gasteiger partial charge >= 0.3 is 6.18 Å². The number of nitrogens with one attached hydrogen (secondary N) is 1. The second-order valence-corrected chi connectivity index (χ2v) is 10.1. The van der Waals surface area contributed by atoms with Crippen molar-refractivity contribution < 1.29 is 22.8 Å². The standard InChI is InChI=1S/C31H31F3N4O2/c1-20(2)18-37(30(40)24-11-8-12-25(17-24)31(32,33)34)19-27(39)35-29-28(23-9-6-5-7-10-23)22(4)36-38(29)26-15-13-21(3)14-16-26/h5-17,20H,18-19H2,1-4H3,(H,35,39). The summed E-state index contributed by atoms with van der Waals surface area (Å²) in [6, 6.07) is 21.4. The highest BCUT2D eigenvalue weighted by Gasteiger charge is 2.32. The van der Waals surface area contributed by atoms with Crippen LogP contribution in [0.1, 0.15) is 41.0 Å². The van der Waals surface area contributed by atoms with Gasteiger partial charge in [0.1, 0.15) is 12.4 Å². The third kappa shape index (κ3) is 6.59. The summed E-state index contributed by atoms with van der Waals surface area (Å²) in [4.78, 5) is 28.1. The lowest BCUT2D eigenvalue weighted by atomic mass is 10.1. The number of alkyl halides is 3. The zero-order chi connectivity index (χ0) is 29.0. The molecule has 0 saturated heterocycles. The number of aromatic nitrogens is 2. The van der Waals surface area contributed by atoms with E-state index in [2.05, 4.69) is 5.32 Å². The van der Waals surface area contributed by atoms with E-state index in [1.165, 1.54) is 17.0 Å². The summed E-state index contributed by atoms with van der Waals surface area (Å²) in [5, 5.41) is 7.64. The van der Waals surface area contributed by atoms with Gasteiger partial charge in [0.2, 0.25) is 5.91 Å². The number of aryl methyl sites for hydroxylation is 2. The monoisotopic (exact) mass is 548 g/mol. The summed E-state index contributed by atoms with van der Waals surface area (Å²) in [6.07, 6.45) is -4.59. The summed E-state index contributed by atoms with van der Waals surface area (Å²) in [5.41, 5.74) is 3.04. The summed E-state index contributed by atoms with van der Waals surface area (Å²) < 4.78 is 41.5. The molecule has 0 radical (unpaired) electrons. The van der Waals surface area contributed by atoms with Crippen molar-refractivity contribution in [2.45, 2.75) is 33.9 Å². The van der Waals surface area contributed by atoms with E-state index in [1.807, 2.05) is 82.3 Å². The number of benzene rings is 3. The molecule has 40 heavy (non-hydrogen) atoms. The van der Waals surface area contributed by atoms with Gasteiger partial charge in [-0.2, -0.15) is 18.3 Å². The smallest absolute Gasteiger partial charge is 0.329 e. The fourth-order valence-electron chi connectivity index (χ4n) is 4.48. The minimum Gasteiger partial charge on any atom is -0.329 e. The van der Waals surface area contributed by atoms with Gasteiger partial charge in [-0.15, -0.1) is 0 Å². The fourth-order valence-corrected chi connectivity index (χ4v) is 4.48. The first-order chi connectivity index (χ1) is 18.9. The van der Waals surface area contributed by atoms with Gasteiger partial charge in [0, 0.05) is 17.7 Å². The van der Waals surface area contributed by atoms with Crippen molar-refractivity contribution in [3.05, 3.63) is 101 Å². The molecule has 4 aromatic rings. The fraction of sp³-hybridized carbons (Fsp3) is 0.258. The van der Waals surface area contributed by atoms with Crippen LogP contribution in [0, 0.1) is 19.8 Å². The molecule has 3 aromatic carbocycles. The third-order valence-corrected chi connectivity index (χ3v) is 6.30. The van der Waals surface area contributed by atoms with E-state index in [0.717, 1.165) is 34.5 Å². The van der Waals surface area contributed by atoms with E-state index in [1.54, 1.807) is 4.68 Å². The van der Waals surface area contributed by atoms with E-state index < -0.39 is 23.6 Å². The summed E-state index contributed by atoms with van der Waals surface area (Å²) in [5.74, 6) is -0.732. The van der Waals surface area contributed by atoms with Gasteiger partial charge in [0.25, 0.3) is 5.91 Å². The maximum absolute atomic E-state index is 13.5. The number of halogens is 3. The van der Waals surface area contributed by atoms with Crippen LogP contribution in [0.2, 0.25) is 0 Å². The predicted octanol–water partition coefficient (Wildman–Crippen LogP) is 6.91. The molecule has 208 valence electrons. The van der Waals surface area contributed by atoms with Crippen LogP contribution in [0.15, 0.2) is 78.9 Å². The quantitative estimate of drug-likeness (QED) is 0.260. The first kappa shape index (κ1) is 28.6. The topological polar surface area (TPSA) is 67.2 Å². The number of nitrogens with zero attached hydrogens (tertiary/aromatic N) is 3. The number of carbonyl (C=O) groups excluding carboxylic acids is 2. The molecular weight excluding hydrogens is 517 g/mol. The Balaban J connectivity index is 1.68. The molecule has 0 aliphatic carbocycles.